The molecule has 1 saturated heterocycles. The van der Waals surface area contributed by atoms with E-state index in [0.29, 0.717) is 5.92 Å². The number of rotatable bonds is 1. The maximum atomic E-state index is 4.80. The third-order valence-electron chi connectivity index (χ3n) is 3.44. The number of fused-ring (bicyclic) bond motifs is 1. The minimum atomic E-state index is 0.669. The Labute approximate surface area is 96.0 Å². The number of nitrogens with zero attached hydrogens (tertiary/aromatic N) is 1. The summed E-state index contributed by atoms with van der Waals surface area (Å²) >= 11 is 0. The number of benzene rings is 1. The summed E-state index contributed by atoms with van der Waals surface area (Å²) in [5, 5.41) is 6.86. The van der Waals surface area contributed by atoms with E-state index in [0.717, 1.165) is 25.3 Å². The van der Waals surface area contributed by atoms with E-state index in [-0.39, 0.29) is 0 Å². The minimum Gasteiger partial charge on any atom is -0.378 e. The predicted octanol–water partition coefficient (Wildman–Crippen LogP) is 2.18. The van der Waals surface area contributed by atoms with E-state index in [4.69, 9.17) is 4.99 Å². The van der Waals surface area contributed by atoms with Gasteiger partial charge in [-0.2, -0.15) is 0 Å². The number of para-hydroxylation sites is 2. The molecule has 0 amide bonds. The highest BCUT2D eigenvalue weighted by molar-refractivity contribution is 5.96. The Kier molecular flexibility index (Phi) is 2.62. The van der Waals surface area contributed by atoms with Gasteiger partial charge in [0.1, 0.15) is 0 Å². The zero-order valence-corrected chi connectivity index (χ0v) is 9.37. The summed E-state index contributed by atoms with van der Waals surface area (Å²) in [5.74, 6) is 0.669. The second-order valence-electron chi connectivity index (χ2n) is 4.50. The van der Waals surface area contributed by atoms with E-state index in [1.54, 1.807) is 0 Å². The maximum Gasteiger partial charge on any atom is 0.0861 e. The van der Waals surface area contributed by atoms with Gasteiger partial charge in [0.15, 0.2) is 0 Å². The molecule has 0 radical (unpaired) electrons. The fourth-order valence-electron chi connectivity index (χ4n) is 2.49. The van der Waals surface area contributed by atoms with Crippen LogP contribution in [0.1, 0.15) is 12.8 Å². The largest absolute Gasteiger partial charge is 0.378 e. The van der Waals surface area contributed by atoms with Gasteiger partial charge < -0.3 is 10.6 Å². The van der Waals surface area contributed by atoms with Crippen molar-refractivity contribution in [2.75, 3.05) is 25.0 Å². The molecular weight excluding hydrogens is 198 g/mol. The van der Waals surface area contributed by atoms with Gasteiger partial charge in [0.25, 0.3) is 0 Å². The first-order chi connectivity index (χ1) is 7.93. The molecule has 0 spiro atoms. The maximum absolute atomic E-state index is 4.80. The average molecular weight is 215 g/mol. The Balaban J connectivity index is 1.85. The van der Waals surface area contributed by atoms with Gasteiger partial charge in [-0.15, -0.1) is 0 Å². The molecule has 1 aromatic rings. The van der Waals surface area contributed by atoms with Crippen molar-refractivity contribution in [2.24, 2.45) is 10.9 Å². The topological polar surface area (TPSA) is 36.4 Å². The van der Waals surface area contributed by atoms with Crippen molar-refractivity contribution in [3.8, 4) is 0 Å². The van der Waals surface area contributed by atoms with Crippen LogP contribution in [-0.2, 0) is 0 Å². The van der Waals surface area contributed by atoms with Crippen LogP contribution in [0.25, 0.3) is 0 Å². The van der Waals surface area contributed by atoms with Crippen LogP contribution in [0.3, 0.4) is 0 Å². The Morgan fingerprint density at radius 1 is 1.12 bits per heavy atom. The van der Waals surface area contributed by atoms with Gasteiger partial charge in [0.05, 0.1) is 17.9 Å². The lowest BCUT2D eigenvalue weighted by molar-refractivity contribution is 0.454. The van der Waals surface area contributed by atoms with Crippen molar-refractivity contribution < 1.29 is 0 Å². The molecule has 0 bridgehead atoms. The highest BCUT2D eigenvalue weighted by atomic mass is 15.0. The number of hydrogen-bond acceptors (Lipinski definition) is 3. The lowest BCUT2D eigenvalue weighted by atomic mass is 9.92. The van der Waals surface area contributed by atoms with Crippen molar-refractivity contribution in [1.29, 1.82) is 0 Å². The number of anilines is 1. The van der Waals surface area contributed by atoms with Crippen molar-refractivity contribution in [3.63, 3.8) is 0 Å². The summed E-state index contributed by atoms with van der Waals surface area (Å²) in [6, 6.07) is 8.28. The molecule has 0 unspecified atom stereocenters. The van der Waals surface area contributed by atoms with Crippen LogP contribution >= 0.6 is 0 Å². The summed E-state index contributed by atoms with van der Waals surface area (Å²) < 4.78 is 0. The van der Waals surface area contributed by atoms with Crippen LogP contribution in [0.15, 0.2) is 29.3 Å². The van der Waals surface area contributed by atoms with Crippen LogP contribution in [0.4, 0.5) is 11.4 Å². The van der Waals surface area contributed by atoms with Gasteiger partial charge in [0.2, 0.25) is 0 Å². The SMILES string of the molecule is c1ccc2c(c1)N=C(C1CCNCC1)CN2. The standard InChI is InChI=1S/C13H17N3/c1-2-4-12-11(3-1)15-9-13(16-12)10-5-7-14-8-6-10/h1-4,10,14-15H,5-9H2. The smallest absolute Gasteiger partial charge is 0.0861 e. The zero-order valence-electron chi connectivity index (χ0n) is 9.37. The lowest BCUT2D eigenvalue weighted by Gasteiger charge is -2.27. The zero-order chi connectivity index (χ0) is 10.8. The molecule has 0 aliphatic carbocycles. The van der Waals surface area contributed by atoms with E-state index in [2.05, 4.69) is 34.9 Å². The van der Waals surface area contributed by atoms with E-state index >= 15 is 0 Å². The van der Waals surface area contributed by atoms with Gasteiger partial charge >= 0.3 is 0 Å². The molecule has 0 aromatic heterocycles. The Morgan fingerprint density at radius 2 is 1.94 bits per heavy atom. The monoisotopic (exact) mass is 215 g/mol. The molecule has 0 atom stereocenters. The molecule has 2 heterocycles. The fraction of sp³-hybridized carbons (Fsp3) is 0.462. The number of piperidine rings is 1. The van der Waals surface area contributed by atoms with Gasteiger partial charge in [-0.05, 0) is 38.1 Å². The van der Waals surface area contributed by atoms with Crippen LogP contribution in [0, 0.1) is 5.92 Å². The van der Waals surface area contributed by atoms with Crippen LogP contribution in [0.2, 0.25) is 0 Å². The lowest BCUT2D eigenvalue weighted by Crippen LogP contribution is -2.35. The molecular formula is C13H17N3. The second-order valence-corrected chi connectivity index (χ2v) is 4.50. The highest BCUT2D eigenvalue weighted by Gasteiger charge is 2.21. The summed E-state index contributed by atoms with van der Waals surface area (Å²) in [7, 11) is 0. The van der Waals surface area contributed by atoms with Gasteiger partial charge in [-0.3, -0.25) is 4.99 Å². The first-order valence-electron chi connectivity index (χ1n) is 6.04. The van der Waals surface area contributed by atoms with Gasteiger partial charge in [-0.1, -0.05) is 12.1 Å². The molecule has 16 heavy (non-hydrogen) atoms. The summed E-state index contributed by atoms with van der Waals surface area (Å²) in [4.78, 5) is 4.80. The quantitative estimate of drug-likeness (QED) is 0.753. The fourth-order valence-corrected chi connectivity index (χ4v) is 2.49. The Bertz CT molecular complexity index is 405. The van der Waals surface area contributed by atoms with Gasteiger partial charge in [-0.25, -0.2) is 0 Å². The summed E-state index contributed by atoms with van der Waals surface area (Å²) in [6.45, 7) is 3.18. The molecule has 84 valence electrons. The molecule has 2 aliphatic heterocycles. The van der Waals surface area contributed by atoms with Crippen molar-refractivity contribution >= 4 is 17.1 Å². The van der Waals surface area contributed by atoms with Crippen molar-refractivity contribution in [2.45, 2.75) is 12.8 Å². The molecule has 2 N–H and O–H groups in total. The van der Waals surface area contributed by atoms with Crippen LogP contribution < -0.4 is 10.6 Å². The van der Waals surface area contributed by atoms with E-state index in [9.17, 15) is 0 Å². The third-order valence-corrected chi connectivity index (χ3v) is 3.44. The minimum absolute atomic E-state index is 0.669. The summed E-state index contributed by atoms with van der Waals surface area (Å²) in [6.07, 6.45) is 2.45. The molecule has 3 heteroatoms. The average Bonchev–Trinajstić information content (AvgIpc) is 2.39. The van der Waals surface area contributed by atoms with E-state index in [1.165, 1.54) is 24.2 Å². The van der Waals surface area contributed by atoms with Crippen LogP contribution in [0.5, 0.6) is 0 Å². The van der Waals surface area contributed by atoms with E-state index < -0.39 is 0 Å². The molecule has 3 nitrogen and oxygen atoms in total. The normalized spacial score (nSPS) is 20.9. The molecule has 1 aromatic carbocycles. The third kappa shape index (κ3) is 1.83. The molecule has 0 saturated carbocycles. The van der Waals surface area contributed by atoms with Gasteiger partial charge in [0, 0.05) is 11.6 Å². The number of hydrogen-bond donors (Lipinski definition) is 2. The molecule has 1 fully saturated rings. The Morgan fingerprint density at radius 3 is 2.81 bits per heavy atom. The van der Waals surface area contributed by atoms with E-state index in [1.807, 2.05) is 0 Å². The highest BCUT2D eigenvalue weighted by Crippen LogP contribution is 2.29. The summed E-state index contributed by atoms with van der Waals surface area (Å²) in [5.41, 5.74) is 3.60. The predicted molar refractivity (Wildman–Crippen MR) is 67.6 cm³/mol. The molecule has 3 rings (SSSR count). The first kappa shape index (κ1) is 9.85. The molecule has 2 aliphatic rings. The first-order valence-corrected chi connectivity index (χ1v) is 6.04. The number of nitrogens with one attached hydrogen (secondary N) is 2. The van der Waals surface area contributed by atoms with Crippen LogP contribution in [-0.4, -0.2) is 25.3 Å². The number of aliphatic imine (C=N–C) groups is 1. The van der Waals surface area contributed by atoms with Crippen molar-refractivity contribution in [1.82, 2.24) is 5.32 Å². The second kappa shape index (κ2) is 4.26. The van der Waals surface area contributed by atoms with Crippen molar-refractivity contribution in [3.05, 3.63) is 24.3 Å². The Hall–Kier alpha value is -1.35.